The molecule has 0 aliphatic heterocycles. The quantitative estimate of drug-likeness (QED) is 0.914. The van der Waals surface area contributed by atoms with Gasteiger partial charge < -0.3 is 14.9 Å². The smallest absolute Gasteiger partial charge is 0.171 e. The van der Waals surface area contributed by atoms with Crippen LogP contribution < -0.4 is 10.5 Å². The third kappa shape index (κ3) is 3.41. The van der Waals surface area contributed by atoms with E-state index >= 15 is 0 Å². The topological polar surface area (TPSA) is 72.2 Å². The average Bonchev–Trinajstić information content (AvgIpc) is 2.91. The second-order valence-corrected chi connectivity index (χ2v) is 4.82. The average molecular weight is 288 g/mol. The molecule has 0 aliphatic rings. The highest BCUT2D eigenvalue weighted by atomic mass is 19.1. The number of rotatable bonds is 5. The third-order valence-corrected chi connectivity index (χ3v) is 3.22. The van der Waals surface area contributed by atoms with Crippen molar-refractivity contribution >= 4 is 0 Å². The van der Waals surface area contributed by atoms with Gasteiger partial charge in [0.2, 0.25) is 0 Å². The van der Waals surface area contributed by atoms with Crippen LogP contribution >= 0.6 is 0 Å². The lowest BCUT2D eigenvalue weighted by atomic mass is 10.1. The lowest BCUT2D eigenvalue weighted by Crippen LogP contribution is -2.31. The molecule has 2 aromatic rings. The van der Waals surface area contributed by atoms with Crippen molar-refractivity contribution < 1.29 is 13.5 Å². The fourth-order valence-electron chi connectivity index (χ4n) is 1.98. The van der Waals surface area contributed by atoms with Crippen molar-refractivity contribution in [3.63, 3.8) is 0 Å². The summed E-state index contributed by atoms with van der Waals surface area (Å²) >= 11 is 0. The summed E-state index contributed by atoms with van der Waals surface area (Å²) in [7, 11) is 0. The summed E-state index contributed by atoms with van der Waals surface area (Å²) in [4.78, 5) is 0. The summed E-state index contributed by atoms with van der Waals surface area (Å²) in [5, 5.41) is 8.75. The summed E-state index contributed by atoms with van der Waals surface area (Å²) in [6, 6.07) is 9.20. The highest BCUT2D eigenvalue weighted by Gasteiger charge is 2.25. The Kier molecular flexibility index (Phi) is 4.61. The van der Waals surface area contributed by atoms with Gasteiger partial charge in [-0.1, -0.05) is 6.92 Å². The first kappa shape index (κ1) is 15.1. The number of nitriles is 1. The van der Waals surface area contributed by atoms with Crippen LogP contribution in [0.15, 0.2) is 34.7 Å². The van der Waals surface area contributed by atoms with Gasteiger partial charge in [-0.2, -0.15) is 5.26 Å². The van der Waals surface area contributed by atoms with Gasteiger partial charge in [-0.15, -0.1) is 0 Å². The fraction of sp³-hybridized carbons (Fsp3) is 0.312. The molecule has 2 atom stereocenters. The zero-order valence-corrected chi connectivity index (χ0v) is 12.0. The first-order valence-corrected chi connectivity index (χ1v) is 6.73. The minimum Gasteiger partial charge on any atom is -0.478 e. The van der Waals surface area contributed by atoms with Crippen LogP contribution in [0.2, 0.25) is 0 Å². The third-order valence-electron chi connectivity index (χ3n) is 3.22. The predicted molar refractivity (Wildman–Crippen MR) is 76.2 cm³/mol. The summed E-state index contributed by atoms with van der Waals surface area (Å²) in [6.45, 7) is 3.74. The second kappa shape index (κ2) is 6.42. The molecule has 5 heteroatoms. The maximum atomic E-state index is 13.9. The minimum atomic E-state index is -0.592. The van der Waals surface area contributed by atoms with Gasteiger partial charge in [0.05, 0.1) is 11.6 Å². The van der Waals surface area contributed by atoms with E-state index in [1.807, 2.05) is 26.0 Å². The van der Waals surface area contributed by atoms with Crippen molar-refractivity contribution in [2.24, 2.45) is 5.73 Å². The Hall–Kier alpha value is -2.32. The summed E-state index contributed by atoms with van der Waals surface area (Å²) in [5.74, 6) is 0.760. The standard InChI is InChI=1S/C16H17FN2O2/c1-3-13(19)16(15-6-4-10(2)20-15)21-14-7-5-11(9-18)8-12(14)17/h4-8,13,16H,3,19H2,1-2H3. The number of halogens is 1. The maximum absolute atomic E-state index is 13.9. The molecule has 0 saturated heterocycles. The minimum absolute atomic E-state index is 0.0527. The van der Waals surface area contributed by atoms with E-state index in [1.54, 1.807) is 6.07 Å². The summed E-state index contributed by atoms with van der Waals surface area (Å²) in [6.07, 6.45) is 0.0774. The SMILES string of the molecule is CCC(N)C(Oc1ccc(C#N)cc1F)c1ccc(C)o1. The molecule has 2 N–H and O–H groups in total. The zero-order chi connectivity index (χ0) is 15.4. The van der Waals surface area contributed by atoms with Crippen LogP contribution in [0.25, 0.3) is 0 Å². The molecule has 0 bridgehead atoms. The van der Waals surface area contributed by atoms with Gasteiger partial charge >= 0.3 is 0 Å². The van der Waals surface area contributed by atoms with Crippen molar-refractivity contribution in [1.82, 2.24) is 0 Å². The molecule has 0 amide bonds. The van der Waals surface area contributed by atoms with Crippen LogP contribution in [0, 0.1) is 24.1 Å². The molecule has 1 aromatic carbocycles. The number of hydrogen-bond acceptors (Lipinski definition) is 4. The van der Waals surface area contributed by atoms with E-state index in [2.05, 4.69) is 0 Å². The van der Waals surface area contributed by atoms with Crippen molar-refractivity contribution in [3.05, 3.63) is 53.2 Å². The largest absolute Gasteiger partial charge is 0.478 e. The van der Waals surface area contributed by atoms with Crippen molar-refractivity contribution in [2.45, 2.75) is 32.4 Å². The van der Waals surface area contributed by atoms with E-state index in [1.165, 1.54) is 12.1 Å². The molecule has 2 rings (SSSR count). The van der Waals surface area contributed by atoms with Crippen molar-refractivity contribution in [1.29, 1.82) is 5.26 Å². The normalized spacial score (nSPS) is 13.5. The van der Waals surface area contributed by atoms with E-state index in [0.29, 0.717) is 12.2 Å². The van der Waals surface area contributed by atoms with Gasteiger partial charge in [0, 0.05) is 6.04 Å². The zero-order valence-electron chi connectivity index (χ0n) is 12.0. The molecule has 1 heterocycles. The van der Waals surface area contributed by atoms with Crippen molar-refractivity contribution in [2.75, 3.05) is 0 Å². The Balaban J connectivity index is 2.29. The highest BCUT2D eigenvalue weighted by Crippen LogP contribution is 2.29. The lowest BCUT2D eigenvalue weighted by Gasteiger charge is -2.22. The number of nitrogens with zero attached hydrogens (tertiary/aromatic N) is 1. The van der Waals surface area contributed by atoms with E-state index in [4.69, 9.17) is 20.1 Å². The second-order valence-electron chi connectivity index (χ2n) is 4.82. The Labute approximate surface area is 122 Å². The number of hydrogen-bond donors (Lipinski definition) is 1. The highest BCUT2D eigenvalue weighted by molar-refractivity contribution is 5.36. The number of ether oxygens (including phenoxy) is 1. The van der Waals surface area contributed by atoms with Gasteiger partial charge in [-0.3, -0.25) is 0 Å². The van der Waals surface area contributed by atoms with Gasteiger partial charge in [-0.25, -0.2) is 4.39 Å². The molecule has 2 unspecified atom stereocenters. The lowest BCUT2D eigenvalue weighted by molar-refractivity contribution is 0.137. The van der Waals surface area contributed by atoms with Crippen LogP contribution in [0.3, 0.4) is 0 Å². The van der Waals surface area contributed by atoms with Crippen LogP contribution in [0.5, 0.6) is 5.75 Å². The Morgan fingerprint density at radius 2 is 2.14 bits per heavy atom. The summed E-state index contributed by atoms with van der Waals surface area (Å²) in [5.41, 5.74) is 6.29. The Bertz CT molecular complexity index is 661. The first-order valence-electron chi connectivity index (χ1n) is 6.73. The molecular weight excluding hydrogens is 271 g/mol. The van der Waals surface area contributed by atoms with E-state index < -0.39 is 11.9 Å². The number of nitrogens with two attached hydrogens (primary N) is 1. The molecule has 1 aromatic heterocycles. The first-order chi connectivity index (χ1) is 10.0. The molecule has 110 valence electrons. The molecule has 0 saturated carbocycles. The molecule has 0 fully saturated rings. The Morgan fingerprint density at radius 3 is 2.67 bits per heavy atom. The monoisotopic (exact) mass is 288 g/mol. The van der Waals surface area contributed by atoms with E-state index in [-0.39, 0.29) is 17.4 Å². The summed E-state index contributed by atoms with van der Waals surface area (Å²) < 4.78 is 25.2. The molecule has 21 heavy (non-hydrogen) atoms. The fourth-order valence-corrected chi connectivity index (χ4v) is 1.98. The number of benzene rings is 1. The van der Waals surface area contributed by atoms with E-state index in [9.17, 15) is 4.39 Å². The van der Waals surface area contributed by atoms with Gasteiger partial charge in [0.25, 0.3) is 0 Å². The van der Waals surface area contributed by atoms with Gasteiger partial charge in [0.15, 0.2) is 17.7 Å². The van der Waals surface area contributed by atoms with Crippen LogP contribution in [-0.4, -0.2) is 6.04 Å². The Morgan fingerprint density at radius 1 is 1.38 bits per heavy atom. The van der Waals surface area contributed by atoms with Crippen LogP contribution in [-0.2, 0) is 0 Å². The van der Waals surface area contributed by atoms with Crippen molar-refractivity contribution in [3.8, 4) is 11.8 Å². The van der Waals surface area contributed by atoms with Gasteiger partial charge in [-0.05, 0) is 43.7 Å². The van der Waals surface area contributed by atoms with Gasteiger partial charge in [0.1, 0.15) is 11.5 Å². The molecule has 0 spiro atoms. The predicted octanol–water partition coefficient (Wildman–Crippen LogP) is 3.46. The molecule has 0 radical (unpaired) electrons. The van der Waals surface area contributed by atoms with Crippen LogP contribution in [0.4, 0.5) is 4.39 Å². The van der Waals surface area contributed by atoms with E-state index in [0.717, 1.165) is 11.8 Å². The maximum Gasteiger partial charge on any atom is 0.171 e. The molecule has 0 aliphatic carbocycles. The molecular formula is C16H17FN2O2. The molecule has 4 nitrogen and oxygen atoms in total. The van der Waals surface area contributed by atoms with Crippen LogP contribution in [0.1, 0.15) is 36.5 Å². The number of furan rings is 1. The number of aryl methyl sites for hydroxylation is 1.